The Labute approximate surface area is 194 Å². The average Bonchev–Trinajstić information content (AvgIpc) is 3.18. The lowest BCUT2D eigenvalue weighted by Crippen LogP contribution is -2.38. The molecule has 0 radical (unpaired) electrons. The number of fused-ring (bicyclic) bond motifs is 1. The molecular weight excluding hydrogens is 447 g/mol. The normalized spacial score (nSPS) is 13.2. The molecule has 0 saturated carbocycles. The van der Waals surface area contributed by atoms with E-state index in [1.165, 1.54) is 4.90 Å². The molecule has 3 heterocycles. The number of hydrogen-bond acceptors (Lipinski definition) is 4. The zero-order valence-corrected chi connectivity index (χ0v) is 18.8. The summed E-state index contributed by atoms with van der Waals surface area (Å²) in [5, 5.41) is 7.31. The van der Waals surface area contributed by atoms with Gasteiger partial charge in [0.2, 0.25) is 0 Å². The van der Waals surface area contributed by atoms with Gasteiger partial charge in [0.25, 0.3) is 11.8 Å². The van der Waals surface area contributed by atoms with E-state index in [-0.39, 0.29) is 31.2 Å². The fourth-order valence-electron chi connectivity index (χ4n) is 3.99. The maximum atomic E-state index is 14.2. The van der Waals surface area contributed by atoms with Crippen molar-refractivity contribution in [1.29, 1.82) is 0 Å². The number of carbonyl (C=O) groups excluding carboxylic acids is 2. The van der Waals surface area contributed by atoms with Gasteiger partial charge in [-0.25, -0.2) is 13.2 Å². The number of carbonyl (C=O) groups is 2. The molecule has 4 rings (SSSR count). The van der Waals surface area contributed by atoms with Crippen molar-refractivity contribution in [3.63, 3.8) is 0 Å². The van der Waals surface area contributed by atoms with Crippen molar-refractivity contribution in [2.45, 2.75) is 39.9 Å². The Bertz CT molecular complexity index is 1230. The predicted molar refractivity (Wildman–Crippen MR) is 117 cm³/mol. The van der Waals surface area contributed by atoms with Crippen LogP contribution in [0.5, 0.6) is 0 Å². The largest absolute Gasteiger partial charge is 0.346 e. The van der Waals surface area contributed by atoms with E-state index >= 15 is 0 Å². The highest BCUT2D eigenvalue weighted by Crippen LogP contribution is 2.27. The van der Waals surface area contributed by atoms with Crippen LogP contribution in [0.15, 0.2) is 36.7 Å². The highest BCUT2D eigenvalue weighted by atomic mass is 19.2. The average molecular weight is 471 g/mol. The van der Waals surface area contributed by atoms with E-state index < -0.39 is 34.8 Å². The lowest BCUT2D eigenvalue weighted by atomic mass is 10.0. The van der Waals surface area contributed by atoms with Crippen LogP contribution in [0.1, 0.15) is 51.5 Å². The number of nitrogens with zero attached hydrogens (tertiary/aromatic N) is 4. The van der Waals surface area contributed by atoms with Gasteiger partial charge in [-0.15, -0.1) is 0 Å². The van der Waals surface area contributed by atoms with E-state index in [9.17, 15) is 22.8 Å². The Morgan fingerprint density at radius 1 is 1.15 bits per heavy atom. The van der Waals surface area contributed by atoms with Crippen molar-refractivity contribution in [3.05, 3.63) is 82.2 Å². The van der Waals surface area contributed by atoms with Gasteiger partial charge >= 0.3 is 0 Å². The molecule has 3 aromatic rings. The van der Waals surface area contributed by atoms with Gasteiger partial charge in [0, 0.05) is 49.7 Å². The third-order valence-corrected chi connectivity index (χ3v) is 5.61. The Morgan fingerprint density at radius 3 is 2.62 bits per heavy atom. The summed E-state index contributed by atoms with van der Waals surface area (Å²) in [6, 6.07) is 4.94. The summed E-state index contributed by atoms with van der Waals surface area (Å²) in [5.74, 6) is -5.12. The van der Waals surface area contributed by atoms with Gasteiger partial charge in [0.1, 0.15) is 11.4 Å². The second-order valence-corrected chi connectivity index (χ2v) is 8.59. The quantitative estimate of drug-likeness (QED) is 0.559. The first-order valence-electron chi connectivity index (χ1n) is 10.9. The highest BCUT2D eigenvalue weighted by Gasteiger charge is 2.33. The Morgan fingerprint density at radius 2 is 1.91 bits per heavy atom. The van der Waals surface area contributed by atoms with Crippen molar-refractivity contribution in [2.24, 2.45) is 5.92 Å². The number of amides is 2. The SMILES string of the molecule is CC(C)Cn1nc(C(=O)NCc2cccnc2)c2c1CCN(C(=O)c1c(F)ccc(F)c1F)C2. The monoisotopic (exact) mass is 471 g/mol. The summed E-state index contributed by atoms with van der Waals surface area (Å²) in [4.78, 5) is 31.2. The van der Waals surface area contributed by atoms with Crippen LogP contribution in [0.3, 0.4) is 0 Å². The standard InChI is InChI=1S/C24H24F3N5O2/c1-14(2)12-32-19-7-9-31(24(34)20-17(25)5-6-18(26)21(20)27)13-16(19)22(30-32)23(33)29-11-15-4-3-8-28-10-15/h3-6,8,10,14H,7,9,11-13H2,1-2H3,(H,29,33). The van der Waals surface area contributed by atoms with Crippen molar-refractivity contribution in [1.82, 2.24) is 25.0 Å². The summed E-state index contributed by atoms with van der Waals surface area (Å²) in [5.41, 5.74) is 1.32. The topological polar surface area (TPSA) is 80.1 Å². The number of hydrogen-bond donors (Lipinski definition) is 1. The lowest BCUT2D eigenvalue weighted by molar-refractivity contribution is 0.0719. The maximum absolute atomic E-state index is 14.2. The molecule has 10 heteroatoms. The van der Waals surface area contributed by atoms with E-state index in [1.54, 1.807) is 23.1 Å². The molecule has 0 aliphatic carbocycles. The molecule has 0 spiro atoms. The van der Waals surface area contributed by atoms with E-state index in [1.807, 2.05) is 19.9 Å². The number of halogens is 3. The Kier molecular flexibility index (Phi) is 6.67. The molecule has 2 aromatic heterocycles. The van der Waals surface area contributed by atoms with Crippen LogP contribution in [0, 0.1) is 23.4 Å². The molecule has 34 heavy (non-hydrogen) atoms. The maximum Gasteiger partial charge on any atom is 0.272 e. The fourth-order valence-corrected chi connectivity index (χ4v) is 3.99. The van der Waals surface area contributed by atoms with Crippen LogP contribution in [0.25, 0.3) is 0 Å². The molecule has 1 N–H and O–H groups in total. The minimum atomic E-state index is -1.53. The fraction of sp³-hybridized carbons (Fsp3) is 0.333. The van der Waals surface area contributed by atoms with Crippen LogP contribution < -0.4 is 5.32 Å². The molecule has 178 valence electrons. The number of aromatic nitrogens is 3. The van der Waals surface area contributed by atoms with E-state index in [0.29, 0.717) is 24.6 Å². The van der Waals surface area contributed by atoms with Gasteiger partial charge in [-0.3, -0.25) is 19.3 Å². The number of benzene rings is 1. The van der Waals surface area contributed by atoms with Gasteiger partial charge in [-0.05, 0) is 29.7 Å². The van der Waals surface area contributed by atoms with Crippen LogP contribution in [-0.2, 0) is 26.1 Å². The van der Waals surface area contributed by atoms with Gasteiger partial charge in [-0.1, -0.05) is 19.9 Å². The number of rotatable bonds is 6. The third-order valence-electron chi connectivity index (χ3n) is 5.61. The molecule has 1 aliphatic rings. The van der Waals surface area contributed by atoms with Gasteiger partial charge in [-0.2, -0.15) is 5.10 Å². The molecule has 7 nitrogen and oxygen atoms in total. The van der Waals surface area contributed by atoms with E-state index in [0.717, 1.165) is 17.3 Å². The summed E-state index contributed by atoms with van der Waals surface area (Å²) < 4.78 is 43.9. The van der Waals surface area contributed by atoms with E-state index in [4.69, 9.17) is 0 Å². The Balaban J connectivity index is 1.63. The van der Waals surface area contributed by atoms with Gasteiger partial charge < -0.3 is 10.2 Å². The zero-order valence-electron chi connectivity index (χ0n) is 18.8. The molecule has 0 bridgehead atoms. The van der Waals surface area contributed by atoms with Crippen LogP contribution >= 0.6 is 0 Å². The van der Waals surface area contributed by atoms with Crippen molar-refractivity contribution in [3.8, 4) is 0 Å². The zero-order chi connectivity index (χ0) is 24.4. The van der Waals surface area contributed by atoms with Crippen molar-refractivity contribution in [2.75, 3.05) is 6.54 Å². The third kappa shape index (κ3) is 4.66. The van der Waals surface area contributed by atoms with Gasteiger partial charge in [0.05, 0.1) is 6.54 Å². The molecule has 1 aromatic carbocycles. The van der Waals surface area contributed by atoms with Crippen molar-refractivity contribution >= 4 is 11.8 Å². The predicted octanol–water partition coefficient (Wildman–Crippen LogP) is 3.48. The van der Waals surface area contributed by atoms with Crippen LogP contribution in [0.4, 0.5) is 13.2 Å². The molecule has 0 unspecified atom stereocenters. The summed E-state index contributed by atoms with van der Waals surface area (Å²) in [7, 11) is 0. The minimum absolute atomic E-state index is 0.0721. The molecule has 1 aliphatic heterocycles. The number of pyridine rings is 1. The first kappa shape index (κ1) is 23.5. The lowest BCUT2D eigenvalue weighted by Gasteiger charge is -2.28. The summed E-state index contributed by atoms with van der Waals surface area (Å²) in [6.07, 6.45) is 3.61. The number of nitrogens with one attached hydrogen (secondary N) is 1. The van der Waals surface area contributed by atoms with Crippen molar-refractivity contribution < 1.29 is 22.8 Å². The van der Waals surface area contributed by atoms with Crippen LogP contribution in [-0.4, -0.2) is 38.0 Å². The second kappa shape index (κ2) is 9.66. The van der Waals surface area contributed by atoms with E-state index in [2.05, 4.69) is 15.4 Å². The second-order valence-electron chi connectivity index (χ2n) is 8.59. The Hall–Kier alpha value is -3.69. The first-order chi connectivity index (χ1) is 16.3. The summed E-state index contributed by atoms with van der Waals surface area (Å²) >= 11 is 0. The smallest absolute Gasteiger partial charge is 0.272 e. The minimum Gasteiger partial charge on any atom is -0.346 e. The molecule has 0 atom stereocenters. The first-order valence-corrected chi connectivity index (χ1v) is 10.9. The summed E-state index contributed by atoms with van der Waals surface area (Å²) in [6.45, 7) is 4.92. The molecular formula is C24H24F3N5O2. The highest BCUT2D eigenvalue weighted by molar-refractivity contribution is 5.96. The van der Waals surface area contributed by atoms with Crippen LogP contribution in [0.2, 0.25) is 0 Å². The molecule has 0 fully saturated rings. The van der Waals surface area contributed by atoms with Gasteiger partial charge in [0.15, 0.2) is 17.3 Å². The molecule has 0 saturated heterocycles. The molecule has 2 amide bonds.